The maximum Gasteiger partial charge on any atom is 0.247 e. The summed E-state index contributed by atoms with van der Waals surface area (Å²) < 4.78 is 5.23. The van der Waals surface area contributed by atoms with Crippen LogP contribution in [0.15, 0.2) is 35.1 Å². The summed E-state index contributed by atoms with van der Waals surface area (Å²) >= 11 is 0. The van der Waals surface area contributed by atoms with Crippen molar-refractivity contribution in [2.24, 2.45) is 11.8 Å². The zero-order chi connectivity index (χ0) is 13.8. The number of aromatic nitrogens is 2. The van der Waals surface area contributed by atoms with Crippen molar-refractivity contribution in [2.45, 2.75) is 32.6 Å². The fourth-order valence-corrected chi connectivity index (χ4v) is 3.07. The molecular weight excluding hydrogens is 250 g/mol. The Bertz CT molecular complexity index is 538. The Morgan fingerprint density at radius 1 is 1.35 bits per heavy atom. The summed E-state index contributed by atoms with van der Waals surface area (Å²) in [4.78, 5) is 0. The molecule has 0 bridgehead atoms. The predicted molar refractivity (Wildman–Crippen MR) is 79.3 cm³/mol. The van der Waals surface area contributed by atoms with Crippen molar-refractivity contribution in [3.63, 3.8) is 0 Å². The van der Waals surface area contributed by atoms with Crippen molar-refractivity contribution < 1.29 is 4.42 Å². The molecule has 2 unspecified atom stereocenters. The van der Waals surface area contributed by atoms with Crippen LogP contribution in [0.5, 0.6) is 0 Å². The zero-order valence-electron chi connectivity index (χ0n) is 11.9. The lowest BCUT2D eigenvalue weighted by molar-refractivity contribution is 0.293. The maximum atomic E-state index is 5.23. The molecule has 1 aromatic carbocycles. The van der Waals surface area contributed by atoms with Crippen molar-refractivity contribution in [1.29, 1.82) is 0 Å². The molecule has 106 valence electrons. The molecule has 0 amide bonds. The molecule has 4 heteroatoms. The number of hydrogen-bond donors (Lipinski definition) is 1. The number of anilines is 1. The fourth-order valence-electron chi connectivity index (χ4n) is 3.07. The molecule has 0 aliphatic heterocycles. The van der Waals surface area contributed by atoms with Gasteiger partial charge in [-0.05, 0) is 42.9 Å². The van der Waals surface area contributed by atoms with Gasteiger partial charge in [0.25, 0.3) is 0 Å². The number of benzene rings is 1. The fraction of sp³-hybridized carbons (Fsp3) is 0.500. The van der Waals surface area contributed by atoms with E-state index in [-0.39, 0.29) is 0 Å². The largest absolute Gasteiger partial charge is 0.423 e. The first-order chi connectivity index (χ1) is 9.81. The molecule has 4 nitrogen and oxygen atoms in total. The summed E-state index contributed by atoms with van der Waals surface area (Å²) in [6, 6.07) is 8.17. The van der Waals surface area contributed by atoms with E-state index in [0.29, 0.717) is 5.89 Å². The summed E-state index contributed by atoms with van der Waals surface area (Å²) in [5.41, 5.74) is 2.09. The maximum absolute atomic E-state index is 5.23. The van der Waals surface area contributed by atoms with Gasteiger partial charge in [0.05, 0.1) is 0 Å². The van der Waals surface area contributed by atoms with E-state index in [2.05, 4.69) is 34.6 Å². The van der Waals surface area contributed by atoms with Crippen LogP contribution < -0.4 is 5.32 Å². The molecule has 3 rings (SSSR count). The van der Waals surface area contributed by atoms with E-state index < -0.39 is 0 Å². The monoisotopic (exact) mass is 271 g/mol. The normalized spacial score (nSPS) is 22.6. The van der Waals surface area contributed by atoms with Crippen molar-refractivity contribution in [1.82, 2.24) is 10.2 Å². The second-order valence-electron chi connectivity index (χ2n) is 5.84. The Balaban J connectivity index is 1.61. The minimum atomic E-state index is 0.569. The average molecular weight is 271 g/mol. The minimum Gasteiger partial charge on any atom is -0.423 e. The number of hydrogen-bond acceptors (Lipinski definition) is 4. The van der Waals surface area contributed by atoms with Crippen molar-refractivity contribution in [3.05, 3.63) is 30.7 Å². The molecule has 1 aromatic heterocycles. The number of nitrogens with zero attached hydrogens (tertiary/aromatic N) is 2. The van der Waals surface area contributed by atoms with Crippen LogP contribution >= 0.6 is 0 Å². The van der Waals surface area contributed by atoms with Crippen LogP contribution in [0.25, 0.3) is 11.5 Å². The summed E-state index contributed by atoms with van der Waals surface area (Å²) in [6.45, 7) is 3.42. The summed E-state index contributed by atoms with van der Waals surface area (Å²) in [5, 5.41) is 11.2. The lowest BCUT2D eigenvalue weighted by Crippen LogP contribution is -2.20. The van der Waals surface area contributed by atoms with Gasteiger partial charge in [0, 0.05) is 17.8 Å². The van der Waals surface area contributed by atoms with E-state index in [1.807, 2.05) is 12.1 Å². The van der Waals surface area contributed by atoms with E-state index in [1.54, 1.807) is 0 Å². The SMILES string of the molecule is CC1CCCC(CNc2cccc(-c3nnco3)c2)C1. The van der Waals surface area contributed by atoms with Crippen LogP contribution in [0.2, 0.25) is 0 Å². The van der Waals surface area contributed by atoms with E-state index >= 15 is 0 Å². The third-order valence-corrected chi connectivity index (χ3v) is 4.11. The summed E-state index contributed by atoms with van der Waals surface area (Å²) in [6.07, 6.45) is 6.81. The molecule has 1 N–H and O–H groups in total. The molecule has 0 radical (unpaired) electrons. The van der Waals surface area contributed by atoms with Gasteiger partial charge >= 0.3 is 0 Å². The molecule has 1 saturated carbocycles. The standard InChI is InChI=1S/C16H21N3O/c1-12-4-2-5-13(8-12)10-17-15-7-3-6-14(9-15)16-19-18-11-20-16/h3,6-7,9,11-13,17H,2,4-5,8,10H2,1H3. The van der Waals surface area contributed by atoms with E-state index in [4.69, 9.17) is 4.42 Å². The van der Waals surface area contributed by atoms with Gasteiger partial charge in [0.15, 0.2) is 0 Å². The van der Waals surface area contributed by atoms with Crippen molar-refractivity contribution in [2.75, 3.05) is 11.9 Å². The lowest BCUT2D eigenvalue weighted by atomic mass is 9.82. The Hall–Kier alpha value is -1.84. The van der Waals surface area contributed by atoms with E-state index in [0.717, 1.165) is 29.6 Å². The second-order valence-corrected chi connectivity index (χ2v) is 5.84. The second kappa shape index (κ2) is 6.07. The highest BCUT2D eigenvalue weighted by atomic mass is 16.4. The van der Waals surface area contributed by atoms with Gasteiger partial charge in [0.2, 0.25) is 12.3 Å². The molecule has 1 heterocycles. The first kappa shape index (κ1) is 13.2. The first-order valence-corrected chi connectivity index (χ1v) is 7.42. The van der Waals surface area contributed by atoms with E-state index in [1.165, 1.54) is 32.1 Å². The van der Waals surface area contributed by atoms with Gasteiger partial charge < -0.3 is 9.73 Å². The minimum absolute atomic E-state index is 0.569. The molecule has 0 spiro atoms. The van der Waals surface area contributed by atoms with Crippen LogP contribution in [0.3, 0.4) is 0 Å². The molecule has 1 fully saturated rings. The highest BCUT2D eigenvalue weighted by Crippen LogP contribution is 2.29. The lowest BCUT2D eigenvalue weighted by Gasteiger charge is -2.27. The molecule has 1 aliphatic rings. The Morgan fingerprint density at radius 3 is 3.10 bits per heavy atom. The smallest absolute Gasteiger partial charge is 0.247 e. The summed E-state index contributed by atoms with van der Waals surface area (Å²) in [5.74, 6) is 2.24. The molecular formula is C16H21N3O. The van der Waals surface area contributed by atoms with Gasteiger partial charge in [-0.3, -0.25) is 0 Å². The molecule has 2 atom stereocenters. The Labute approximate surface area is 119 Å². The van der Waals surface area contributed by atoms with Crippen LogP contribution in [0.4, 0.5) is 5.69 Å². The van der Waals surface area contributed by atoms with Crippen molar-refractivity contribution >= 4 is 5.69 Å². The Morgan fingerprint density at radius 2 is 2.30 bits per heavy atom. The first-order valence-electron chi connectivity index (χ1n) is 7.42. The third-order valence-electron chi connectivity index (χ3n) is 4.11. The highest BCUT2D eigenvalue weighted by Gasteiger charge is 2.18. The van der Waals surface area contributed by atoms with Crippen LogP contribution in [-0.2, 0) is 0 Å². The van der Waals surface area contributed by atoms with Gasteiger partial charge in [0.1, 0.15) is 0 Å². The third kappa shape index (κ3) is 3.18. The topological polar surface area (TPSA) is 51.0 Å². The molecule has 0 saturated heterocycles. The number of nitrogens with one attached hydrogen (secondary N) is 1. The van der Waals surface area contributed by atoms with Crippen LogP contribution in [0, 0.1) is 11.8 Å². The average Bonchev–Trinajstić information content (AvgIpc) is 3.00. The molecule has 20 heavy (non-hydrogen) atoms. The number of rotatable bonds is 4. The van der Waals surface area contributed by atoms with E-state index in [9.17, 15) is 0 Å². The summed E-state index contributed by atoms with van der Waals surface area (Å²) in [7, 11) is 0. The van der Waals surface area contributed by atoms with Gasteiger partial charge in [-0.2, -0.15) is 0 Å². The Kier molecular flexibility index (Phi) is 4.00. The van der Waals surface area contributed by atoms with Gasteiger partial charge in [-0.25, -0.2) is 0 Å². The van der Waals surface area contributed by atoms with Gasteiger partial charge in [-0.1, -0.05) is 25.8 Å². The molecule has 1 aliphatic carbocycles. The van der Waals surface area contributed by atoms with Crippen LogP contribution in [-0.4, -0.2) is 16.7 Å². The highest BCUT2D eigenvalue weighted by molar-refractivity contribution is 5.60. The predicted octanol–water partition coefficient (Wildman–Crippen LogP) is 3.97. The zero-order valence-corrected chi connectivity index (χ0v) is 11.9. The quantitative estimate of drug-likeness (QED) is 0.914. The van der Waals surface area contributed by atoms with Crippen LogP contribution in [0.1, 0.15) is 32.6 Å². The van der Waals surface area contributed by atoms with Gasteiger partial charge in [-0.15, -0.1) is 10.2 Å². The van der Waals surface area contributed by atoms with Crippen molar-refractivity contribution in [3.8, 4) is 11.5 Å². The molecule has 2 aromatic rings.